The Hall–Kier alpha value is -1.95. The van der Waals surface area contributed by atoms with Gasteiger partial charge in [0.15, 0.2) is 0 Å². The van der Waals surface area contributed by atoms with E-state index in [1.54, 1.807) is 11.8 Å². The molecular formula is C18H24N4OS. The summed E-state index contributed by atoms with van der Waals surface area (Å²) in [6, 6.07) is 6.38. The third kappa shape index (κ3) is 3.75. The van der Waals surface area contributed by atoms with Crippen LogP contribution in [0.5, 0.6) is 0 Å². The molecule has 0 unspecified atom stereocenters. The molecule has 3 rings (SSSR count). The summed E-state index contributed by atoms with van der Waals surface area (Å²) in [5.41, 5.74) is 3.63. The Morgan fingerprint density at radius 3 is 3.00 bits per heavy atom. The van der Waals surface area contributed by atoms with Gasteiger partial charge in [-0.2, -0.15) is 5.10 Å². The molecule has 1 aromatic heterocycles. The molecule has 6 heteroatoms. The molecule has 2 aromatic rings. The zero-order chi connectivity index (χ0) is 17.1. The van der Waals surface area contributed by atoms with E-state index in [9.17, 15) is 4.79 Å². The van der Waals surface area contributed by atoms with Gasteiger partial charge in [0.1, 0.15) is 0 Å². The van der Waals surface area contributed by atoms with E-state index in [1.165, 1.54) is 21.6 Å². The molecule has 1 aliphatic rings. The number of thioether (sulfide) groups is 1. The normalized spacial score (nSPS) is 17.3. The molecule has 24 heavy (non-hydrogen) atoms. The molecule has 0 radical (unpaired) electrons. The van der Waals surface area contributed by atoms with Crippen LogP contribution in [0, 0.1) is 6.92 Å². The Balaban J connectivity index is 1.56. The summed E-state index contributed by atoms with van der Waals surface area (Å²) < 4.78 is 1.82. The molecule has 1 saturated heterocycles. The lowest BCUT2D eigenvalue weighted by Crippen LogP contribution is -2.38. The molecule has 5 nitrogen and oxygen atoms in total. The van der Waals surface area contributed by atoms with Crippen LogP contribution in [0.2, 0.25) is 0 Å². The van der Waals surface area contributed by atoms with Gasteiger partial charge in [-0.15, -0.1) is 11.8 Å². The molecule has 0 spiro atoms. The van der Waals surface area contributed by atoms with Gasteiger partial charge < -0.3 is 10.2 Å². The molecule has 1 atom stereocenters. The van der Waals surface area contributed by atoms with Crippen molar-refractivity contribution < 1.29 is 4.79 Å². The van der Waals surface area contributed by atoms with Crippen molar-refractivity contribution >= 4 is 17.8 Å². The maximum absolute atomic E-state index is 12.5. The summed E-state index contributed by atoms with van der Waals surface area (Å²) in [5.74, 6) is 0.394. The summed E-state index contributed by atoms with van der Waals surface area (Å²) in [5, 5.41) is 7.29. The van der Waals surface area contributed by atoms with Crippen molar-refractivity contribution in [3.05, 3.63) is 47.3 Å². The number of rotatable bonds is 4. The Morgan fingerprint density at radius 1 is 1.46 bits per heavy atom. The van der Waals surface area contributed by atoms with Crippen LogP contribution in [0.3, 0.4) is 0 Å². The molecule has 1 N–H and O–H groups in total. The Labute approximate surface area is 147 Å². The maximum Gasteiger partial charge on any atom is 0.317 e. The molecule has 2 amide bonds. The number of aromatic nitrogens is 2. The highest BCUT2D eigenvalue weighted by Crippen LogP contribution is 2.27. The lowest BCUT2D eigenvalue weighted by molar-refractivity contribution is 0.207. The van der Waals surface area contributed by atoms with Crippen LogP contribution < -0.4 is 5.32 Å². The van der Waals surface area contributed by atoms with Crippen molar-refractivity contribution in [2.45, 2.75) is 30.7 Å². The van der Waals surface area contributed by atoms with Crippen molar-refractivity contribution in [2.75, 3.05) is 19.3 Å². The van der Waals surface area contributed by atoms with E-state index in [-0.39, 0.29) is 6.03 Å². The maximum atomic E-state index is 12.5. The second-order valence-electron chi connectivity index (χ2n) is 6.35. The number of hydrogen-bond donors (Lipinski definition) is 1. The molecule has 0 aliphatic carbocycles. The van der Waals surface area contributed by atoms with Gasteiger partial charge in [-0.25, -0.2) is 4.79 Å². The fraction of sp³-hybridized carbons (Fsp3) is 0.444. The van der Waals surface area contributed by atoms with Crippen molar-refractivity contribution in [2.24, 2.45) is 7.05 Å². The van der Waals surface area contributed by atoms with Gasteiger partial charge in [-0.05, 0) is 42.4 Å². The third-order valence-electron chi connectivity index (χ3n) is 4.54. The molecule has 0 bridgehead atoms. The van der Waals surface area contributed by atoms with Crippen LogP contribution in [0.15, 0.2) is 35.5 Å². The number of hydrogen-bond acceptors (Lipinski definition) is 3. The highest BCUT2D eigenvalue weighted by Gasteiger charge is 2.27. The van der Waals surface area contributed by atoms with Gasteiger partial charge in [-0.3, -0.25) is 4.68 Å². The smallest absolute Gasteiger partial charge is 0.317 e. The van der Waals surface area contributed by atoms with Crippen LogP contribution in [0.25, 0.3) is 0 Å². The van der Waals surface area contributed by atoms with E-state index in [4.69, 9.17) is 0 Å². The molecule has 0 saturated carbocycles. The predicted molar refractivity (Wildman–Crippen MR) is 97.3 cm³/mol. The quantitative estimate of drug-likeness (QED) is 0.867. The van der Waals surface area contributed by atoms with E-state index in [0.29, 0.717) is 12.5 Å². The Kier molecular flexibility index (Phi) is 5.14. The Morgan fingerprint density at radius 2 is 2.29 bits per heavy atom. The molecule has 1 fully saturated rings. The minimum absolute atomic E-state index is 0.0222. The van der Waals surface area contributed by atoms with E-state index in [2.05, 4.69) is 41.8 Å². The lowest BCUT2D eigenvalue weighted by atomic mass is 10.0. The van der Waals surface area contributed by atoms with Gasteiger partial charge in [0.05, 0.1) is 6.20 Å². The highest BCUT2D eigenvalue weighted by atomic mass is 32.2. The van der Waals surface area contributed by atoms with Crippen LogP contribution in [-0.2, 0) is 13.6 Å². The van der Waals surface area contributed by atoms with Gasteiger partial charge in [0.2, 0.25) is 0 Å². The van der Waals surface area contributed by atoms with Crippen LogP contribution >= 0.6 is 11.8 Å². The van der Waals surface area contributed by atoms with Crippen LogP contribution in [0.4, 0.5) is 4.79 Å². The number of likely N-dealkylation sites (tertiary alicyclic amines) is 1. The second-order valence-corrected chi connectivity index (χ2v) is 7.20. The zero-order valence-electron chi connectivity index (χ0n) is 14.5. The molecule has 128 valence electrons. The largest absolute Gasteiger partial charge is 0.334 e. The number of carbonyl (C=O) groups excluding carboxylic acids is 1. The summed E-state index contributed by atoms with van der Waals surface area (Å²) in [6.45, 7) is 4.23. The number of amides is 2. The van der Waals surface area contributed by atoms with Gasteiger partial charge >= 0.3 is 6.03 Å². The number of nitrogens with one attached hydrogen (secondary N) is 1. The average molecular weight is 344 g/mol. The van der Waals surface area contributed by atoms with Crippen LogP contribution in [-0.4, -0.2) is 40.1 Å². The fourth-order valence-electron chi connectivity index (χ4n) is 3.15. The van der Waals surface area contributed by atoms with Gasteiger partial charge in [0, 0.05) is 43.7 Å². The topological polar surface area (TPSA) is 50.2 Å². The number of nitrogens with zero attached hydrogens (tertiary/aromatic N) is 3. The second kappa shape index (κ2) is 7.30. The van der Waals surface area contributed by atoms with Crippen molar-refractivity contribution in [3.8, 4) is 0 Å². The van der Waals surface area contributed by atoms with Gasteiger partial charge in [0.25, 0.3) is 0 Å². The van der Waals surface area contributed by atoms with E-state index in [0.717, 1.165) is 19.5 Å². The minimum atomic E-state index is 0.0222. The molecule has 2 heterocycles. The third-order valence-corrected chi connectivity index (χ3v) is 5.36. The van der Waals surface area contributed by atoms with Crippen LogP contribution in [0.1, 0.15) is 29.0 Å². The summed E-state index contributed by atoms with van der Waals surface area (Å²) in [6.07, 6.45) is 7.02. The van der Waals surface area contributed by atoms with Crippen molar-refractivity contribution in [1.82, 2.24) is 20.0 Å². The molecule has 1 aromatic carbocycles. The van der Waals surface area contributed by atoms with Crippen molar-refractivity contribution in [1.29, 1.82) is 0 Å². The predicted octanol–water partition coefficient (Wildman–Crippen LogP) is 3.15. The van der Waals surface area contributed by atoms with E-state index >= 15 is 0 Å². The van der Waals surface area contributed by atoms with E-state index < -0.39 is 0 Å². The zero-order valence-corrected chi connectivity index (χ0v) is 15.3. The fourth-order valence-corrected chi connectivity index (χ4v) is 3.85. The Bertz CT molecular complexity index is 728. The summed E-state index contributed by atoms with van der Waals surface area (Å²) >= 11 is 1.72. The summed E-state index contributed by atoms with van der Waals surface area (Å²) in [7, 11) is 1.92. The SMILES string of the molecule is CSc1cc(C)ccc1CNC(=O)N1CC[C@H](c2cnn(C)c2)C1. The first-order valence-electron chi connectivity index (χ1n) is 8.21. The standard InChI is InChI=1S/C18H24N4OS/c1-13-4-5-14(17(8-13)24-3)9-19-18(23)22-7-6-15(12-22)16-10-20-21(2)11-16/h4-5,8,10-11,15H,6-7,9,12H2,1-3H3,(H,19,23)/t15-/m0/s1. The number of urea groups is 1. The van der Waals surface area contributed by atoms with E-state index in [1.807, 2.05) is 29.0 Å². The first-order valence-corrected chi connectivity index (χ1v) is 9.44. The molecular weight excluding hydrogens is 320 g/mol. The molecule has 1 aliphatic heterocycles. The average Bonchev–Trinajstić information content (AvgIpc) is 3.22. The summed E-state index contributed by atoms with van der Waals surface area (Å²) in [4.78, 5) is 15.6. The highest BCUT2D eigenvalue weighted by molar-refractivity contribution is 7.98. The van der Waals surface area contributed by atoms with Gasteiger partial charge in [-0.1, -0.05) is 12.1 Å². The number of benzene rings is 1. The monoisotopic (exact) mass is 344 g/mol. The number of aryl methyl sites for hydroxylation is 2. The first kappa shape index (κ1) is 16.9. The minimum Gasteiger partial charge on any atom is -0.334 e. The number of carbonyl (C=O) groups is 1. The first-order chi connectivity index (χ1) is 11.6. The lowest BCUT2D eigenvalue weighted by Gasteiger charge is -2.18. The van der Waals surface area contributed by atoms with Crippen molar-refractivity contribution in [3.63, 3.8) is 0 Å².